The van der Waals surface area contributed by atoms with Crippen molar-refractivity contribution in [2.24, 2.45) is 10.4 Å². The van der Waals surface area contributed by atoms with E-state index in [2.05, 4.69) is 45.1 Å². The fourth-order valence-corrected chi connectivity index (χ4v) is 2.57. The van der Waals surface area contributed by atoms with Gasteiger partial charge in [-0.15, -0.1) is 0 Å². The van der Waals surface area contributed by atoms with E-state index in [1.54, 1.807) is 6.20 Å². The Morgan fingerprint density at radius 1 is 1.25 bits per heavy atom. The number of nitrogens with zero attached hydrogens (tertiary/aromatic N) is 3. The second-order valence-corrected chi connectivity index (χ2v) is 7.68. The SMILES string of the molecule is CCNC(=NCCNC(=O)C(C)(C)C)NC(C)c1cccc(-n2cccn2)c1. The minimum absolute atomic E-state index is 0.0319. The van der Waals surface area contributed by atoms with Gasteiger partial charge in [0.2, 0.25) is 5.91 Å². The van der Waals surface area contributed by atoms with E-state index >= 15 is 0 Å². The second-order valence-electron chi connectivity index (χ2n) is 7.68. The molecule has 1 atom stereocenters. The predicted molar refractivity (Wildman–Crippen MR) is 114 cm³/mol. The molecular formula is C21H32N6O. The van der Waals surface area contributed by atoms with Crippen LogP contribution in [0.1, 0.15) is 46.2 Å². The number of hydrogen-bond donors (Lipinski definition) is 3. The molecule has 0 bridgehead atoms. The van der Waals surface area contributed by atoms with E-state index < -0.39 is 0 Å². The van der Waals surface area contributed by atoms with Gasteiger partial charge >= 0.3 is 0 Å². The third-order valence-electron chi connectivity index (χ3n) is 4.19. The molecule has 28 heavy (non-hydrogen) atoms. The molecule has 1 aromatic carbocycles. The summed E-state index contributed by atoms with van der Waals surface area (Å²) in [6, 6.07) is 10.2. The zero-order valence-electron chi connectivity index (χ0n) is 17.5. The van der Waals surface area contributed by atoms with Gasteiger partial charge in [-0.25, -0.2) is 4.68 Å². The monoisotopic (exact) mass is 384 g/mol. The zero-order chi connectivity index (χ0) is 20.6. The van der Waals surface area contributed by atoms with E-state index in [1.807, 2.05) is 56.8 Å². The van der Waals surface area contributed by atoms with Gasteiger partial charge in [0.1, 0.15) is 0 Å². The van der Waals surface area contributed by atoms with Crippen molar-refractivity contribution in [3.63, 3.8) is 0 Å². The van der Waals surface area contributed by atoms with Crippen LogP contribution in [-0.4, -0.2) is 41.3 Å². The zero-order valence-corrected chi connectivity index (χ0v) is 17.5. The molecule has 0 saturated heterocycles. The number of aromatic nitrogens is 2. The van der Waals surface area contributed by atoms with Crippen molar-refractivity contribution in [1.82, 2.24) is 25.7 Å². The molecule has 0 spiro atoms. The number of hydrogen-bond acceptors (Lipinski definition) is 3. The average molecular weight is 385 g/mol. The Kier molecular flexibility index (Phi) is 7.61. The van der Waals surface area contributed by atoms with Crippen LogP contribution in [-0.2, 0) is 4.79 Å². The summed E-state index contributed by atoms with van der Waals surface area (Å²) in [6.07, 6.45) is 3.69. The van der Waals surface area contributed by atoms with Crippen LogP contribution in [0, 0.1) is 5.41 Å². The highest BCUT2D eigenvalue weighted by atomic mass is 16.2. The van der Waals surface area contributed by atoms with Crippen LogP contribution < -0.4 is 16.0 Å². The lowest BCUT2D eigenvalue weighted by atomic mass is 9.96. The van der Waals surface area contributed by atoms with Crippen LogP contribution in [0.4, 0.5) is 0 Å². The summed E-state index contributed by atoms with van der Waals surface area (Å²) in [7, 11) is 0. The summed E-state index contributed by atoms with van der Waals surface area (Å²) in [5.41, 5.74) is 1.77. The Morgan fingerprint density at radius 2 is 2.04 bits per heavy atom. The molecule has 1 aromatic heterocycles. The summed E-state index contributed by atoms with van der Waals surface area (Å²) in [5, 5.41) is 13.9. The van der Waals surface area contributed by atoms with Crippen LogP contribution >= 0.6 is 0 Å². The molecule has 7 heteroatoms. The molecule has 3 N–H and O–H groups in total. The first-order valence-corrected chi connectivity index (χ1v) is 9.74. The van der Waals surface area contributed by atoms with E-state index in [-0.39, 0.29) is 17.4 Å². The number of guanidine groups is 1. The van der Waals surface area contributed by atoms with Gasteiger partial charge in [0.05, 0.1) is 18.3 Å². The minimum Gasteiger partial charge on any atom is -0.357 e. The lowest BCUT2D eigenvalue weighted by Gasteiger charge is -2.19. The van der Waals surface area contributed by atoms with E-state index in [9.17, 15) is 4.79 Å². The Balaban J connectivity index is 1.97. The van der Waals surface area contributed by atoms with Crippen molar-refractivity contribution in [2.75, 3.05) is 19.6 Å². The lowest BCUT2D eigenvalue weighted by molar-refractivity contribution is -0.128. The first-order chi connectivity index (χ1) is 13.3. The number of amides is 1. The molecule has 0 saturated carbocycles. The van der Waals surface area contributed by atoms with Gasteiger partial charge in [-0.3, -0.25) is 9.79 Å². The minimum atomic E-state index is -0.388. The maximum atomic E-state index is 11.9. The summed E-state index contributed by atoms with van der Waals surface area (Å²) in [4.78, 5) is 16.5. The maximum Gasteiger partial charge on any atom is 0.225 e. The summed E-state index contributed by atoms with van der Waals surface area (Å²) in [5.74, 6) is 0.758. The molecule has 0 aliphatic rings. The van der Waals surface area contributed by atoms with E-state index in [0.29, 0.717) is 13.1 Å². The Morgan fingerprint density at radius 3 is 2.68 bits per heavy atom. The quantitative estimate of drug-likeness (QED) is 0.389. The third kappa shape index (κ3) is 6.40. The molecule has 2 rings (SSSR count). The number of benzene rings is 1. The lowest BCUT2D eigenvalue weighted by Crippen LogP contribution is -2.40. The van der Waals surface area contributed by atoms with Crippen molar-refractivity contribution >= 4 is 11.9 Å². The molecular weight excluding hydrogens is 352 g/mol. The van der Waals surface area contributed by atoms with Crippen LogP contribution in [0.3, 0.4) is 0 Å². The van der Waals surface area contributed by atoms with Crippen LogP contribution in [0.15, 0.2) is 47.7 Å². The van der Waals surface area contributed by atoms with Crippen molar-refractivity contribution < 1.29 is 4.79 Å². The maximum absolute atomic E-state index is 11.9. The molecule has 7 nitrogen and oxygen atoms in total. The summed E-state index contributed by atoms with van der Waals surface area (Å²) in [6.45, 7) is 11.6. The fourth-order valence-electron chi connectivity index (χ4n) is 2.57. The predicted octanol–water partition coefficient (Wildman–Crippen LogP) is 2.65. The van der Waals surface area contributed by atoms with Crippen LogP contribution in [0.2, 0.25) is 0 Å². The molecule has 1 unspecified atom stereocenters. The first-order valence-electron chi connectivity index (χ1n) is 9.74. The van der Waals surface area contributed by atoms with Crippen molar-refractivity contribution in [2.45, 2.75) is 40.7 Å². The second kappa shape index (κ2) is 9.92. The van der Waals surface area contributed by atoms with Crippen molar-refractivity contribution in [3.05, 3.63) is 48.3 Å². The average Bonchev–Trinajstić information content (AvgIpc) is 3.19. The Bertz CT molecular complexity index is 776. The van der Waals surface area contributed by atoms with Crippen molar-refractivity contribution in [1.29, 1.82) is 0 Å². The highest BCUT2D eigenvalue weighted by molar-refractivity contribution is 5.81. The van der Waals surface area contributed by atoms with Gasteiger partial charge in [-0.2, -0.15) is 5.10 Å². The van der Waals surface area contributed by atoms with Gasteiger partial charge in [-0.1, -0.05) is 32.9 Å². The largest absolute Gasteiger partial charge is 0.357 e. The number of nitrogens with one attached hydrogen (secondary N) is 3. The highest BCUT2D eigenvalue weighted by Crippen LogP contribution is 2.16. The molecule has 0 aliphatic heterocycles. The Hall–Kier alpha value is -2.83. The molecule has 0 radical (unpaired) electrons. The van der Waals surface area contributed by atoms with Gasteiger partial charge in [0.25, 0.3) is 0 Å². The van der Waals surface area contributed by atoms with Crippen LogP contribution in [0.25, 0.3) is 5.69 Å². The topological polar surface area (TPSA) is 83.3 Å². The number of rotatable bonds is 7. The van der Waals surface area contributed by atoms with Crippen LogP contribution in [0.5, 0.6) is 0 Å². The molecule has 2 aromatic rings. The first kappa shape index (κ1) is 21.5. The molecule has 152 valence electrons. The Labute approximate surface area is 167 Å². The van der Waals surface area contributed by atoms with Gasteiger partial charge < -0.3 is 16.0 Å². The summed E-state index contributed by atoms with van der Waals surface area (Å²) >= 11 is 0. The summed E-state index contributed by atoms with van der Waals surface area (Å²) < 4.78 is 1.84. The molecule has 0 aliphatic carbocycles. The smallest absolute Gasteiger partial charge is 0.225 e. The van der Waals surface area contributed by atoms with E-state index in [4.69, 9.17) is 0 Å². The molecule has 1 amide bonds. The van der Waals surface area contributed by atoms with E-state index in [1.165, 1.54) is 0 Å². The standard InChI is InChI=1S/C21H32N6O/c1-6-22-20(24-13-12-23-19(28)21(3,4)5)26-16(2)17-9-7-10-18(15-17)27-14-8-11-25-27/h7-11,14-16H,6,12-13H2,1-5H3,(H,23,28)(H2,22,24,26). The fraction of sp³-hybridized carbons (Fsp3) is 0.476. The van der Waals surface area contributed by atoms with Gasteiger partial charge in [0, 0.05) is 30.9 Å². The van der Waals surface area contributed by atoms with Crippen molar-refractivity contribution in [3.8, 4) is 5.69 Å². The molecule has 0 fully saturated rings. The normalized spacial score (nSPS) is 13.1. The number of carbonyl (C=O) groups excluding carboxylic acids is 1. The number of carbonyl (C=O) groups is 1. The highest BCUT2D eigenvalue weighted by Gasteiger charge is 2.20. The number of aliphatic imine (C=N–C) groups is 1. The van der Waals surface area contributed by atoms with E-state index in [0.717, 1.165) is 23.8 Å². The van der Waals surface area contributed by atoms with Gasteiger partial charge in [-0.05, 0) is 37.6 Å². The third-order valence-corrected chi connectivity index (χ3v) is 4.19. The van der Waals surface area contributed by atoms with Gasteiger partial charge in [0.15, 0.2) is 5.96 Å². The molecule has 1 heterocycles.